The fourth-order valence-corrected chi connectivity index (χ4v) is 1.67. The Morgan fingerprint density at radius 1 is 1.42 bits per heavy atom. The maximum absolute atomic E-state index is 11.0. The fraction of sp³-hybridized carbons (Fsp3) is 0.222. The molecule has 0 aliphatic carbocycles. The summed E-state index contributed by atoms with van der Waals surface area (Å²) >= 11 is 6.65. The van der Waals surface area contributed by atoms with Crippen LogP contribution in [0.3, 0.4) is 0 Å². The number of ketones is 1. The van der Waals surface area contributed by atoms with Crippen LogP contribution in [0.1, 0.15) is 16.4 Å². The number of carbonyl (C=O) groups is 1. The number of rotatable bonds is 2. The van der Waals surface area contributed by atoms with Gasteiger partial charge in [-0.3, -0.25) is 0 Å². The molecule has 0 aromatic heterocycles. The zero-order chi connectivity index (χ0) is 9.14. The molecular weight excluding hydrogens is 278 g/mol. The van der Waals surface area contributed by atoms with Crippen LogP contribution in [0.4, 0.5) is 0 Å². The number of carbonyl (C=O) groups excluding carboxylic acids is 1. The molecule has 0 bridgehead atoms. The van der Waals surface area contributed by atoms with Gasteiger partial charge in [-0.25, -0.2) is 0 Å². The van der Waals surface area contributed by atoms with Gasteiger partial charge in [-0.1, -0.05) is 0 Å². The van der Waals surface area contributed by atoms with Crippen LogP contribution in [-0.4, -0.2) is 28.3 Å². The molecular formula is C9H9ClOSn. The minimum absolute atomic E-state index is 0.104. The summed E-state index contributed by atoms with van der Waals surface area (Å²) in [7, 11) is 0. The molecule has 0 heterocycles. The summed E-state index contributed by atoms with van der Waals surface area (Å²) in [5, 5.41) is 0.718. The van der Waals surface area contributed by atoms with Crippen LogP contribution in [0.15, 0.2) is 24.3 Å². The molecule has 0 aliphatic heterocycles. The zero-order valence-electron chi connectivity index (χ0n) is 6.75. The summed E-state index contributed by atoms with van der Waals surface area (Å²) in [6.45, 7) is 1.63. The topological polar surface area (TPSA) is 17.1 Å². The third-order valence-electron chi connectivity index (χ3n) is 1.67. The summed E-state index contributed by atoms with van der Waals surface area (Å²) in [6, 6.07) is 7.48. The second-order valence-electron chi connectivity index (χ2n) is 2.64. The summed E-state index contributed by atoms with van der Waals surface area (Å²) < 4.78 is 0.104. The van der Waals surface area contributed by atoms with Crippen LogP contribution in [0.5, 0.6) is 0 Å². The van der Waals surface area contributed by atoms with E-state index in [-0.39, 0.29) is 9.72 Å². The number of hydrogen-bond acceptors (Lipinski definition) is 1. The Kier molecular flexibility index (Phi) is 3.59. The molecule has 0 N–H and O–H groups in total. The Morgan fingerprint density at radius 2 is 1.92 bits per heavy atom. The van der Waals surface area contributed by atoms with Crippen LogP contribution >= 0.6 is 11.6 Å². The predicted octanol–water partition coefficient (Wildman–Crippen LogP) is 1.87. The number of halogens is 1. The summed E-state index contributed by atoms with van der Waals surface area (Å²) in [5.74, 6) is 0.236. The molecule has 62 valence electrons. The summed E-state index contributed by atoms with van der Waals surface area (Å²) in [6.07, 6.45) is 0. The van der Waals surface area contributed by atoms with E-state index >= 15 is 0 Å². The average Bonchev–Trinajstić information content (AvgIpc) is 2.04. The average molecular weight is 287 g/mol. The molecule has 2 radical (unpaired) electrons. The van der Waals surface area contributed by atoms with Gasteiger partial charge >= 0.3 is 90.4 Å². The molecule has 1 unspecified atom stereocenters. The predicted molar refractivity (Wildman–Crippen MR) is 52.0 cm³/mol. The molecule has 1 rings (SSSR count). The number of Topliss-reactive ketones (excluding diaryl/α,β-unsaturated/α-hetero) is 1. The fourth-order valence-electron chi connectivity index (χ4n) is 0.905. The van der Waals surface area contributed by atoms with Gasteiger partial charge in [0.15, 0.2) is 0 Å². The van der Waals surface area contributed by atoms with Crippen molar-refractivity contribution >= 4 is 39.9 Å². The normalized spacial score (nSPS) is 12.6. The van der Waals surface area contributed by atoms with Crippen molar-refractivity contribution in [2.45, 2.75) is 10.9 Å². The second kappa shape index (κ2) is 4.28. The van der Waals surface area contributed by atoms with E-state index in [4.69, 9.17) is 11.6 Å². The van der Waals surface area contributed by atoms with Crippen molar-refractivity contribution in [2.24, 2.45) is 0 Å². The van der Waals surface area contributed by atoms with Gasteiger partial charge in [0.2, 0.25) is 0 Å². The van der Waals surface area contributed by atoms with Crippen LogP contribution in [0.2, 0.25) is 5.02 Å². The van der Waals surface area contributed by atoms with E-state index in [0.29, 0.717) is 0 Å². The quantitative estimate of drug-likeness (QED) is 0.759. The van der Waals surface area contributed by atoms with E-state index in [0.717, 1.165) is 33.1 Å². The molecule has 0 saturated heterocycles. The van der Waals surface area contributed by atoms with E-state index in [9.17, 15) is 4.79 Å². The van der Waals surface area contributed by atoms with Crippen molar-refractivity contribution < 1.29 is 4.79 Å². The van der Waals surface area contributed by atoms with E-state index in [1.54, 1.807) is 6.92 Å². The van der Waals surface area contributed by atoms with Gasteiger partial charge < -0.3 is 0 Å². The van der Waals surface area contributed by atoms with Crippen molar-refractivity contribution in [2.75, 3.05) is 0 Å². The van der Waals surface area contributed by atoms with Gasteiger partial charge in [-0.05, 0) is 0 Å². The monoisotopic (exact) mass is 288 g/mol. The Balaban J connectivity index is 2.89. The van der Waals surface area contributed by atoms with Crippen LogP contribution in [0.25, 0.3) is 0 Å². The SMILES string of the molecule is CC(=O)[CH]([SnH])c1ccc(Cl)cc1. The molecule has 0 amide bonds. The van der Waals surface area contributed by atoms with Crippen LogP contribution < -0.4 is 0 Å². The third-order valence-corrected chi connectivity index (χ3v) is 4.36. The van der Waals surface area contributed by atoms with Crippen LogP contribution in [0, 0.1) is 0 Å². The molecule has 12 heavy (non-hydrogen) atoms. The van der Waals surface area contributed by atoms with Crippen molar-refractivity contribution in [3.8, 4) is 0 Å². The maximum atomic E-state index is 11.0. The first-order valence-electron chi connectivity index (χ1n) is 3.63. The Bertz CT molecular complexity index is 281. The van der Waals surface area contributed by atoms with Gasteiger partial charge in [0.05, 0.1) is 0 Å². The minimum atomic E-state index is 0.104. The number of benzene rings is 1. The molecule has 1 nitrogen and oxygen atoms in total. The first-order valence-corrected chi connectivity index (χ1v) is 5.91. The van der Waals surface area contributed by atoms with Crippen LogP contribution in [-0.2, 0) is 4.79 Å². The van der Waals surface area contributed by atoms with E-state index in [1.165, 1.54) is 0 Å². The van der Waals surface area contributed by atoms with Gasteiger partial charge in [0, 0.05) is 0 Å². The van der Waals surface area contributed by atoms with Crippen molar-refractivity contribution in [1.82, 2.24) is 0 Å². The first kappa shape index (κ1) is 10.1. The first-order chi connectivity index (χ1) is 5.61. The molecule has 0 spiro atoms. The summed E-state index contributed by atoms with van der Waals surface area (Å²) in [5.41, 5.74) is 1.08. The second-order valence-corrected chi connectivity index (χ2v) is 4.98. The van der Waals surface area contributed by atoms with Gasteiger partial charge in [0.1, 0.15) is 0 Å². The Labute approximate surface area is 90.2 Å². The molecule has 1 atom stereocenters. The Hall–Kier alpha value is -0.0213. The van der Waals surface area contributed by atoms with E-state index in [1.807, 2.05) is 24.3 Å². The molecule has 1 aromatic carbocycles. The van der Waals surface area contributed by atoms with Crippen molar-refractivity contribution in [1.29, 1.82) is 0 Å². The molecule has 3 heteroatoms. The van der Waals surface area contributed by atoms with Gasteiger partial charge in [-0.2, -0.15) is 0 Å². The van der Waals surface area contributed by atoms with Gasteiger partial charge in [0.25, 0.3) is 0 Å². The zero-order valence-corrected chi connectivity index (χ0v) is 10.8. The standard InChI is InChI=1S/C9H8ClO.Sn.H/c1-7(11)6-8-2-4-9(10)5-3-8;;/h2-6H,1H3;;. The van der Waals surface area contributed by atoms with Crippen molar-refractivity contribution in [3.05, 3.63) is 34.9 Å². The Morgan fingerprint density at radius 3 is 2.33 bits per heavy atom. The molecule has 0 saturated carbocycles. The van der Waals surface area contributed by atoms with Gasteiger partial charge in [-0.15, -0.1) is 0 Å². The van der Waals surface area contributed by atoms with E-state index in [2.05, 4.69) is 0 Å². The van der Waals surface area contributed by atoms with E-state index < -0.39 is 0 Å². The summed E-state index contributed by atoms with van der Waals surface area (Å²) in [4.78, 5) is 11.0. The molecule has 0 aliphatic rings. The molecule has 1 aromatic rings. The third kappa shape index (κ3) is 2.49. The van der Waals surface area contributed by atoms with Crippen molar-refractivity contribution in [3.63, 3.8) is 0 Å². The molecule has 0 fully saturated rings. The number of hydrogen-bond donors (Lipinski definition) is 0.